The molecule has 0 aromatic heterocycles. The van der Waals surface area contributed by atoms with Gasteiger partial charge >= 0.3 is 0 Å². The highest BCUT2D eigenvalue weighted by atomic mass is 16.7. The minimum atomic E-state index is -1.60. The first-order valence-electron chi connectivity index (χ1n) is 35.0. The van der Waals surface area contributed by atoms with E-state index in [4.69, 9.17) is 9.47 Å². The Kier molecular flexibility index (Phi) is 60.3. The van der Waals surface area contributed by atoms with E-state index in [0.29, 0.717) is 12.8 Å². The predicted molar refractivity (Wildman–Crippen MR) is 377 cm³/mol. The van der Waals surface area contributed by atoms with Gasteiger partial charge in [-0.1, -0.05) is 292 Å². The highest BCUT2D eigenvalue weighted by molar-refractivity contribution is 5.76. The molecule has 0 aliphatic carbocycles. The predicted octanol–water partition coefficient (Wildman–Crippen LogP) is 19.5. The molecular weight excluding hydrogens is 1090 g/mol. The normalized spacial score (nSPS) is 19.1. The van der Waals surface area contributed by atoms with Crippen molar-refractivity contribution < 1.29 is 39.8 Å². The number of hydrogen-bond donors (Lipinski definition) is 6. The van der Waals surface area contributed by atoms with Gasteiger partial charge in [0.2, 0.25) is 5.91 Å². The van der Waals surface area contributed by atoms with Crippen molar-refractivity contribution in [1.82, 2.24) is 5.32 Å². The molecule has 0 spiro atoms. The zero-order valence-corrected chi connectivity index (χ0v) is 55.4. The molecule has 1 rings (SSSR count). The topological polar surface area (TPSA) is 149 Å². The van der Waals surface area contributed by atoms with E-state index in [1.54, 1.807) is 6.08 Å². The Balaban J connectivity index is 2.25. The molecule has 9 heteroatoms. The van der Waals surface area contributed by atoms with E-state index in [-0.39, 0.29) is 18.9 Å². The van der Waals surface area contributed by atoms with E-state index in [9.17, 15) is 30.3 Å². The van der Waals surface area contributed by atoms with Crippen molar-refractivity contribution in [1.29, 1.82) is 0 Å². The Bertz CT molecular complexity index is 2050. The number of allylic oxidation sites excluding steroid dienone is 29. The van der Waals surface area contributed by atoms with E-state index in [1.165, 1.54) is 103 Å². The number of aliphatic hydroxyl groups is 5. The Hall–Kier alpha value is -4.71. The molecule has 88 heavy (non-hydrogen) atoms. The van der Waals surface area contributed by atoms with Gasteiger partial charge in [0.15, 0.2) is 6.29 Å². The SMILES string of the molecule is CC/C=C\C/C=C\C/C=C\C/C=C\C/C=C\C/C=C\C/C=C\C/C=C\C/C=C\C/C=C\C/C=C\C/C=C\CCCCC(=O)NC(COC1OC(CO)C(O)C(O)C1O)C(O)/C=C/CC/C=C/CC/C=C/CCCCCCCCCCCCCCCCCC. The summed E-state index contributed by atoms with van der Waals surface area (Å²) in [6.07, 6.45) is 98.5. The average Bonchev–Trinajstić information content (AvgIpc) is 3.65. The van der Waals surface area contributed by atoms with Gasteiger partial charge in [-0.05, 0) is 135 Å². The molecule has 0 saturated carbocycles. The summed E-state index contributed by atoms with van der Waals surface area (Å²) in [4.78, 5) is 13.1. The summed E-state index contributed by atoms with van der Waals surface area (Å²) in [5.74, 6) is -0.239. The second kappa shape index (κ2) is 65.2. The molecule has 9 nitrogen and oxygen atoms in total. The maximum atomic E-state index is 13.1. The molecule has 7 atom stereocenters. The standard InChI is InChI=1S/C79H127NO8/c1-3-5-7-9-11-13-15-17-19-21-23-25-27-29-31-32-33-34-35-36-37-38-39-40-41-42-43-45-47-49-51-53-55-57-59-61-63-65-67-69-75(83)80-72(71-87-79-78(86)77(85)76(84)74(70-81)88-79)73(82)68-66-64-62-60-58-56-54-52-50-48-46-44-30-28-26-24-22-20-18-16-14-12-10-8-6-4-2/h5,7,11,13,17,19,23,25,29,31,33-34,36-37,39-40,42-43,47,49-50,52-53,55,58-61,66,68,72-74,76-79,81-82,84-86H,3-4,6,8-10,12,14-16,18,20-22,24,26-28,30,32,35,38,41,44-46,48,51,54,56-57,62-65,67,69-71H2,1-2H3,(H,80,83)/b7-5-,13-11-,19-17-,25-23-,31-29-,34-33-,37-36-,40-39-,43-42-,49-47-,52-50+,55-53-,60-58+,61-59-,68-66+. The van der Waals surface area contributed by atoms with Crippen LogP contribution in [0.1, 0.15) is 251 Å². The molecule has 0 aromatic rings. The minimum Gasteiger partial charge on any atom is -0.394 e. The first-order valence-corrected chi connectivity index (χ1v) is 35.0. The average molecular weight is 1220 g/mol. The highest BCUT2D eigenvalue weighted by Crippen LogP contribution is 2.23. The van der Waals surface area contributed by atoms with Crippen molar-refractivity contribution in [3.63, 3.8) is 0 Å². The zero-order chi connectivity index (χ0) is 63.5. The van der Waals surface area contributed by atoms with Crippen LogP contribution >= 0.6 is 0 Å². The molecule has 1 saturated heterocycles. The lowest BCUT2D eigenvalue weighted by Crippen LogP contribution is -2.60. The van der Waals surface area contributed by atoms with Crippen molar-refractivity contribution >= 4 is 5.91 Å². The number of ether oxygens (including phenoxy) is 2. The number of unbranched alkanes of at least 4 members (excludes halogenated alkanes) is 20. The fraction of sp³-hybridized carbons (Fsp3) is 0.608. The van der Waals surface area contributed by atoms with Crippen LogP contribution in [-0.2, 0) is 14.3 Å². The van der Waals surface area contributed by atoms with Crippen LogP contribution in [0, 0.1) is 0 Å². The molecule has 0 bridgehead atoms. The quantitative estimate of drug-likeness (QED) is 0.0261. The third-order valence-corrected chi connectivity index (χ3v) is 15.2. The number of aliphatic hydroxyl groups excluding tert-OH is 5. The van der Waals surface area contributed by atoms with E-state index in [1.807, 2.05) is 6.08 Å². The summed E-state index contributed by atoms with van der Waals surface area (Å²) in [5, 5.41) is 54.7. The Morgan fingerprint density at radius 2 is 0.716 bits per heavy atom. The van der Waals surface area contributed by atoms with Crippen molar-refractivity contribution in [3.8, 4) is 0 Å². The van der Waals surface area contributed by atoms with Crippen LogP contribution in [0.3, 0.4) is 0 Å². The maximum absolute atomic E-state index is 13.1. The number of carbonyl (C=O) groups is 1. The van der Waals surface area contributed by atoms with Gasteiger partial charge in [0.25, 0.3) is 0 Å². The summed E-state index contributed by atoms with van der Waals surface area (Å²) in [5.41, 5.74) is 0. The van der Waals surface area contributed by atoms with Gasteiger partial charge in [0, 0.05) is 6.42 Å². The number of carbonyl (C=O) groups excluding carboxylic acids is 1. The summed E-state index contributed by atoms with van der Waals surface area (Å²) < 4.78 is 11.3. The Morgan fingerprint density at radius 1 is 0.398 bits per heavy atom. The van der Waals surface area contributed by atoms with Crippen LogP contribution in [0.25, 0.3) is 0 Å². The Morgan fingerprint density at radius 3 is 1.09 bits per heavy atom. The third-order valence-electron chi connectivity index (χ3n) is 15.2. The van der Waals surface area contributed by atoms with Gasteiger partial charge in [-0.3, -0.25) is 4.79 Å². The molecule has 1 fully saturated rings. The number of hydrogen-bond acceptors (Lipinski definition) is 8. The van der Waals surface area contributed by atoms with Crippen LogP contribution < -0.4 is 5.32 Å². The second-order valence-electron chi connectivity index (χ2n) is 23.2. The smallest absolute Gasteiger partial charge is 0.220 e. The van der Waals surface area contributed by atoms with E-state index in [2.05, 4.69) is 189 Å². The van der Waals surface area contributed by atoms with Crippen LogP contribution in [-0.4, -0.2) is 87.5 Å². The fourth-order valence-electron chi connectivity index (χ4n) is 9.76. The van der Waals surface area contributed by atoms with Crippen LogP contribution in [0.15, 0.2) is 182 Å². The fourth-order valence-corrected chi connectivity index (χ4v) is 9.76. The van der Waals surface area contributed by atoms with E-state index >= 15 is 0 Å². The lowest BCUT2D eigenvalue weighted by atomic mass is 9.99. The van der Waals surface area contributed by atoms with Crippen molar-refractivity contribution in [2.24, 2.45) is 0 Å². The summed E-state index contributed by atoms with van der Waals surface area (Å²) in [7, 11) is 0. The molecule has 496 valence electrons. The largest absolute Gasteiger partial charge is 0.394 e. The van der Waals surface area contributed by atoms with Gasteiger partial charge in [-0.2, -0.15) is 0 Å². The van der Waals surface area contributed by atoms with E-state index in [0.717, 1.165) is 116 Å². The molecule has 1 heterocycles. The summed E-state index contributed by atoms with van der Waals surface area (Å²) >= 11 is 0. The second-order valence-corrected chi connectivity index (χ2v) is 23.2. The maximum Gasteiger partial charge on any atom is 0.220 e. The molecule has 1 aliphatic rings. The van der Waals surface area contributed by atoms with Gasteiger partial charge in [0.05, 0.1) is 25.4 Å². The van der Waals surface area contributed by atoms with Gasteiger partial charge < -0.3 is 40.3 Å². The van der Waals surface area contributed by atoms with Crippen LogP contribution in [0.4, 0.5) is 0 Å². The molecule has 0 aromatic carbocycles. The van der Waals surface area contributed by atoms with Crippen LogP contribution in [0.2, 0.25) is 0 Å². The number of amides is 1. The molecule has 1 aliphatic heterocycles. The zero-order valence-electron chi connectivity index (χ0n) is 55.4. The van der Waals surface area contributed by atoms with Crippen molar-refractivity contribution in [3.05, 3.63) is 182 Å². The third kappa shape index (κ3) is 53.2. The minimum absolute atomic E-state index is 0.236. The number of nitrogens with one attached hydrogen (secondary N) is 1. The molecular formula is C79H127NO8. The molecule has 0 radical (unpaired) electrons. The lowest BCUT2D eigenvalue weighted by molar-refractivity contribution is -0.302. The first kappa shape index (κ1) is 81.3. The highest BCUT2D eigenvalue weighted by Gasteiger charge is 2.44. The number of rotatable bonds is 58. The summed E-state index contributed by atoms with van der Waals surface area (Å²) in [6, 6.07) is -0.868. The molecule has 7 unspecified atom stereocenters. The molecule has 1 amide bonds. The Labute approximate surface area is 538 Å². The van der Waals surface area contributed by atoms with Gasteiger partial charge in [0.1, 0.15) is 24.4 Å². The van der Waals surface area contributed by atoms with Crippen LogP contribution in [0.5, 0.6) is 0 Å². The van der Waals surface area contributed by atoms with E-state index < -0.39 is 49.5 Å². The monoisotopic (exact) mass is 1220 g/mol. The summed E-state index contributed by atoms with van der Waals surface area (Å²) in [6.45, 7) is 3.62. The van der Waals surface area contributed by atoms with Crippen molar-refractivity contribution in [2.45, 2.75) is 294 Å². The first-order chi connectivity index (χ1) is 43.3. The van der Waals surface area contributed by atoms with Crippen molar-refractivity contribution in [2.75, 3.05) is 13.2 Å². The van der Waals surface area contributed by atoms with Gasteiger partial charge in [-0.15, -0.1) is 0 Å². The lowest BCUT2D eigenvalue weighted by Gasteiger charge is -2.40. The van der Waals surface area contributed by atoms with Gasteiger partial charge in [-0.25, -0.2) is 0 Å². The molecule has 6 N–H and O–H groups in total.